The fourth-order valence-electron chi connectivity index (χ4n) is 3.38. The summed E-state index contributed by atoms with van der Waals surface area (Å²) in [6.45, 7) is 2.17. The SMILES string of the molecule is CCCCCCCC(CC=O)c1cccc(OC(=O)c2ccccc2)c1C=O. The third-order valence-corrected chi connectivity index (χ3v) is 4.91. The van der Waals surface area contributed by atoms with Gasteiger partial charge in [-0.25, -0.2) is 4.79 Å². The van der Waals surface area contributed by atoms with Crippen molar-refractivity contribution in [2.24, 2.45) is 0 Å². The van der Waals surface area contributed by atoms with Gasteiger partial charge in [-0.2, -0.15) is 0 Å². The van der Waals surface area contributed by atoms with Crippen LogP contribution in [-0.2, 0) is 4.79 Å². The number of carbonyl (C=O) groups excluding carboxylic acids is 3. The maximum atomic E-state index is 12.4. The maximum Gasteiger partial charge on any atom is 0.343 e. The van der Waals surface area contributed by atoms with E-state index in [1.807, 2.05) is 12.1 Å². The van der Waals surface area contributed by atoms with E-state index in [0.29, 0.717) is 17.5 Å². The Bertz CT molecular complexity index is 767. The highest BCUT2D eigenvalue weighted by Gasteiger charge is 2.20. The molecule has 0 fully saturated rings. The molecule has 1 atom stereocenters. The molecule has 0 aromatic heterocycles. The third-order valence-electron chi connectivity index (χ3n) is 4.91. The molecular formula is C24H28O4. The van der Waals surface area contributed by atoms with Gasteiger partial charge >= 0.3 is 5.97 Å². The molecule has 0 aliphatic carbocycles. The van der Waals surface area contributed by atoms with Crippen molar-refractivity contribution >= 4 is 18.5 Å². The van der Waals surface area contributed by atoms with Gasteiger partial charge in [-0.3, -0.25) is 4.79 Å². The number of aldehydes is 2. The van der Waals surface area contributed by atoms with Gasteiger partial charge in [-0.05, 0) is 36.1 Å². The van der Waals surface area contributed by atoms with Crippen molar-refractivity contribution in [2.75, 3.05) is 0 Å². The molecule has 0 amide bonds. The normalized spacial score (nSPS) is 11.6. The minimum absolute atomic E-state index is 0.0466. The lowest BCUT2D eigenvalue weighted by Crippen LogP contribution is -2.12. The number of unbranched alkanes of at least 4 members (excludes halogenated alkanes) is 4. The molecule has 2 aromatic rings. The molecule has 148 valence electrons. The van der Waals surface area contributed by atoms with Crippen molar-refractivity contribution in [1.82, 2.24) is 0 Å². The van der Waals surface area contributed by atoms with Gasteiger partial charge in [0, 0.05) is 6.42 Å². The van der Waals surface area contributed by atoms with E-state index < -0.39 is 5.97 Å². The Balaban J connectivity index is 2.18. The highest BCUT2D eigenvalue weighted by atomic mass is 16.5. The predicted octanol–water partition coefficient (Wildman–Crippen LogP) is 5.75. The first-order chi connectivity index (χ1) is 13.7. The van der Waals surface area contributed by atoms with Crippen LogP contribution in [0.5, 0.6) is 5.75 Å². The van der Waals surface area contributed by atoms with E-state index in [0.717, 1.165) is 37.4 Å². The summed E-state index contributed by atoms with van der Waals surface area (Å²) in [5.41, 5.74) is 1.55. The van der Waals surface area contributed by atoms with Gasteiger partial charge < -0.3 is 9.53 Å². The van der Waals surface area contributed by atoms with Gasteiger partial charge in [0.25, 0.3) is 0 Å². The Morgan fingerprint density at radius 3 is 2.39 bits per heavy atom. The predicted molar refractivity (Wildman–Crippen MR) is 110 cm³/mol. The molecule has 4 heteroatoms. The fourth-order valence-corrected chi connectivity index (χ4v) is 3.38. The summed E-state index contributed by atoms with van der Waals surface area (Å²) in [7, 11) is 0. The summed E-state index contributed by atoms with van der Waals surface area (Å²) < 4.78 is 5.49. The Labute approximate surface area is 166 Å². The number of esters is 1. The summed E-state index contributed by atoms with van der Waals surface area (Å²) in [6.07, 6.45) is 8.49. The van der Waals surface area contributed by atoms with Gasteiger partial charge in [0.2, 0.25) is 0 Å². The average Bonchev–Trinajstić information content (AvgIpc) is 2.73. The Kier molecular flexibility index (Phi) is 9.13. The number of hydrogen-bond donors (Lipinski definition) is 0. The van der Waals surface area contributed by atoms with Crippen molar-refractivity contribution < 1.29 is 19.1 Å². The average molecular weight is 380 g/mol. The molecule has 2 aromatic carbocycles. The lowest BCUT2D eigenvalue weighted by Gasteiger charge is -2.18. The van der Waals surface area contributed by atoms with Crippen LogP contribution in [0, 0.1) is 0 Å². The smallest absolute Gasteiger partial charge is 0.343 e. The van der Waals surface area contributed by atoms with Gasteiger partial charge in [-0.1, -0.05) is 69.4 Å². The van der Waals surface area contributed by atoms with Crippen molar-refractivity contribution in [1.29, 1.82) is 0 Å². The van der Waals surface area contributed by atoms with Gasteiger partial charge in [-0.15, -0.1) is 0 Å². The molecule has 0 saturated heterocycles. The van der Waals surface area contributed by atoms with Crippen molar-refractivity contribution in [3.05, 3.63) is 65.2 Å². The summed E-state index contributed by atoms with van der Waals surface area (Å²) in [5.74, 6) is -0.315. The fraction of sp³-hybridized carbons (Fsp3) is 0.375. The molecule has 28 heavy (non-hydrogen) atoms. The van der Waals surface area contributed by atoms with Crippen LogP contribution in [0.15, 0.2) is 48.5 Å². The molecule has 1 unspecified atom stereocenters. The van der Waals surface area contributed by atoms with E-state index in [1.54, 1.807) is 36.4 Å². The second kappa shape index (κ2) is 11.9. The van der Waals surface area contributed by atoms with Crippen LogP contribution in [0.25, 0.3) is 0 Å². The minimum atomic E-state index is -0.507. The van der Waals surface area contributed by atoms with Crippen LogP contribution in [0.1, 0.15) is 84.1 Å². The van der Waals surface area contributed by atoms with Crippen LogP contribution >= 0.6 is 0 Å². The number of ether oxygens (including phenoxy) is 1. The van der Waals surface area contributed by atoms with E-state index in [9.17, 15) is 14.4 Å². The molecule has 2 rings (SSSR count). The van der Waals surface area contributed by atoms with Crippen LogP contribution in [0.4, 0.5) is 0 Å². The van der Waals surface area contributed by atoms with Crippen LogP contribution in [0.2, 0.25) is 0 Å². The van der Waals surface area contributed by atoms with Gasteiger partial charge in [0.1, 0.15) is 12.0 Å². The summed E-state index contributed by atoms with van der Waals surface area (Å²) >= 11 is 0. The lowest BCUT2D eigenvalue weighted by atomic mass is 9.87. The Morgan fingerprint density at radius 2 is 1.71 bits per heavy atom. The highest BCUT2D eigenvalue weighted by molar-refractivity contribution is 5.93. The molecule has 0 radical (unpaired) electrons. The lowest BCUT2D eigenvalue weighted by molar-refractivity contribution is -0.108. The van der Waals surface area contributed by atoms with E-state index in [-0.39, 0.29) is 11.7 Å². The van der Waals surface area contributed by atoms with Crippen LogP contribution in [0.3, 0.4) is 0 Å². The summed E-state index contributed by atoms with van der Waals surface area (Å²) in [5, 5.41) is 0. The van der Waals surface area contributed by atoms with Crippen molar-refractivity contribution in [3.63, 3.8) is 0 Å². The zero-order valence-corrected chi connectivity index (χ0v) is 16.4. The van der Waals surface area contributed by atoms with Crippen molar-refractivity contribution in [3.8, 4) is 5.75 Å². The first kappa shape index (κ1) is 21.5. The second-order valence-electron chi connectivity index (χ2n) is 6.93. The topological polar surface area (TPSA) is 60.4 Å². The molecule has 0 N–H and O–H groups in total. The zero-order valence-electron chi connectivity index (χ0n) is 16.4. The zero-order chi connectivity index (χ0) is 20.2. The van der Waals surface area contributed by atoms with Gasteiger partial charge in [0.05, 0.1) is 11.1 Å². The molecule has 4 nitrogen and oxygen atoms in total. The molecule has 0 aliphatic rings. The largest absolute Gasteiger partial charge is 0.422 e. The molecular weight excluding hydrogens is 352 g/mol. The first-order valence-corrected chi connectivity index (χ1v) is 10.00. The quantitative estimate of drug-likeness (QED) is 0.203. The molecule has 0 aliphatic heterocycles. The standard InChI is InChI=1S/C24H28O4/c1-2-3-4-5-7-11-19(16-17-25)21-14-10-15-23(22(21)18-26)28-24(27)20-12-8-6-9-13-20/h6,8-10,12-15,17-19H,2-5,7,11,16H2,1H3. The van der Waals surface area contributed by atoms with Crippen LogP contribution in [-0.4, -0.2) is 18.5 Å². The second-order valence-corrected chi connectivity index (χ2v) is 6.93. The monoisotopic (exact) mass is 380 g/mol. The Hall–Kier alpha value is -2.75. The molecule has 0 spiro atoms. The first-order valence-electron chi connectivity index (χ1n) is 10.00. The van der Waals surface area contributed by atoms with Crippen LogP contribution < -0.4 is 4.74 Å². The summed E-state index contributed by atoms with van der Waals surface area (Å²) in [4.78, 5) is 35.4. The molecule has 0 bridgehead atoms. The highest BCUT2D eigenvalue weighted by Crippen LogP contribution is 2.32. The minimum Gasteiger partial charge on any atom is -0.422 e. The molecule has 0 saturated carbocycles. The van der Waals surface area contributed by atoms with Crippen molar-refractivity contribution in [2.45, 2.75) is 57.8 Å². The third kappa shape index (κ3) is 6.15. The van der Waals surface area contributed by atoms with E-state index in [4.69, 9.17) is 4.74 Å². The van der Waals surface area contributed by atoms with E-state index in [1.165, 1.54) is 19.3 Å². The number of carbonyl (C=O) groups is 3. The van der Waals surface area contributed by atoms with E-state index >= 15 is 0 Å². The number of hydrogen-bond acceptors (Lipinski definition) is 4. The summed E-state index contributed by atoms with van der Waals surface area (Å²) in [6, 6.07) is 13.9. The molecule has 0 heterocycles. The van der Waals surface area contributed by atoms with Gasteiger partial charge in [0.15, 0.2) is 6.29 Å². The maximum absolute atomic E-state index is 12.4. The number of benzene rings is 2. The number of rotatable bonds is 12. The van der Waals surface area contributed by atoms with E-state index in [2.05, 4.69) is 6.92 Å². The Morgan fingerprint density at radius 1 is 0.964 bits per heavy atom.